The molecule has 2 aliphatic rings. The number of aromatic nitrogens is 4. The number of fused-ring (bicyclic) bond motifs is 2. The smallest absolute Gasteiger partial charge is 0.355 e. The summed E-state index contributed by atoms with van der Waals surface area (Å²) in [5, 5.41) is 31.7. The number of anilines is 2. The van der Waals surface area contributed by atoms with Gasteiger partial charge in [0, 0.05) is 68.1 Å². The molecule has 1 unspecified atom stereocenters. The third kappa shape index (κ3) is 15.2. The molecule has 4 N–H and O–H groups in total. The molecular formula is C64H66FN9O10S3. The van der Waals surface area contributed by atoms with Gasteiger partial charge in [-0.15, -0.1) is 22.7 Å². The number of benzene rings is 4. The van der Waals surface area contributed by atoms with Gasteiger partial charge in [0.15, 0.2) is 33.3 Å². The summed E-state index contributed by atoms with van der Waals surface area (Å²) in [7, 11) is 1.66. The number of aliphatic hydroxyl groups excluding tert-OH is 1. The van der Waals surface area contributed by atoms with Crippen LogP contribution in [-0.2, 0) is 40.3 Å². The van der Waals surface area contributed by atoms with E-state index >= 15 is 4.39 Å². The van der Waals surface area contributed by atoms with Crippen LogP contribution in [-0.4, -0.2) is 122 Å². The van der Waals surface area contributed by atoms with E-state index in [4.69, 9.17) is 14.0 Å². The zero-order chi connectivity index (χ0) is 61.1. The summed E-state index contributed by atoms with van der Waals surface area (Å²) in [4.78, 5) is 86.4. The van der Waals surface area contributed by atoms with Gasteiger partial charge >= 0.3 is 5.97 Å². The molecule has 0 bridgehead atoms. The Bertz CT molecular complexity index is 3820. The fourth-order valence-corrected chi connectivity index (χ4v) is 13.4. The number of hydrogen-bond donors (Lipinski definition) is 4. The van der Waals surface area contributed by atoms with Crippen LogP contribution in [0.1, 0.15) is 118 Å². The molecule has 3 atom stereocenters. The second-order valence-corrected chi connectivity index (χ2v) is 24.8. The van der Waals surface area contributed by atoms with Gasteiger partial charge in [-0.2, -0.15) is 0 Å². The van der Waals surface area contributed by atoms with Gasteiger partial charge in [-0.05, 0) is 115 Å². The number of halogens is 1. The number of aromatic carboxylic acids is 1. The average Bonchev–Trinajstić information content (AvgIpc) is 2.91. The van der Waals surface area contributed by atoms with Crippen LogP contribution >= 0.6 is 34.0 Å². The normalized spacial score (nSPS) is 15.0. The van der Waals surface area contributed by atoms with Crippen molar-refractivity contribution in [2.75, 3.05) is 50.1 Å². The van der Waals surface area contributed by atoms with Gasteiger partial charge < -0.3 is 44.2 Å². The van der Waals surface area contributed by atoms with E-state index in [-0.39, 0.29) is 79.5 Å². The van der Waals surface area contributed by atoms with E-state index < -0.39 is 29.9 Å². The monoisotopic (exact) mass is 1240 g/mol. The lowest BCUT2D eigenvalue weighted by Crippen LogP contribution is -2.48. The number of thiazole rings is 3. The lowest BCUT2D eigenvalue weighted by molar-refractivity contribution is -0.141. The molecule has 2 aliphatic heterocycles. The highest BCUT2D eigenvalue weighted by atomic mass is 32.1. The molecule has 0 aliphatic carbocycles. The zero-order valence-corrected chi connectivity index (χ0v) is 51.0. The minimum absolute atomic E-state index is 0.0148. The first kappa shape index (κ1) is 61.5. The van der Waals surface area contributed by atoms with Crippen molar-refractivity contribution in [3.8, 4) is 33.9 Å². The van der Waals surface area contributed by atoms with Crippen LogP contribution in [0.4, 0.5) is 14.7 Å². The number of β-amino-alcohol motifs (C(OH)–C–C–N with tert-alkyl or cyclic N) is 1. The standard InChI is InChI=1S/C64H66FN9O10S3/c1-38(2)56(61(79)74-35-44(75)32-49(74)60(78)66-34-41-20-23-43(24-21-41)58-39(3)67-37-85-58)51-33-54(71-84-51)83-29-9-5-6-19-55(76)72(4)27-11-13-40-22-25-50(47(65)31-40)82-30-12-18-53-57(62(80)81)69-64(87-53)73-28-26-42-14-10-15-45(46(42)36-73)59(77)70-63-68-48-16-7-8-17-52(48)86-63/h7-8,10,14-17,20-25,31,33,37-38,44,49,56,75H,5-6,9,12,18-19,26-30,32,34-36H2,1-4H3,(H,66,78)(H,80,81)(H,68,70,77)/t44-,49+,56?/m1/s1. The number of carbonyl (C=O) groups is 5. The lowest BCUT2D eigenvalue weighted by atomic mass is 9.91. The summed E-state index contributed by atoms with van der Waals surface area (Å²) >= 11 is 4.26. The van der Waals surface area contributed by atoms with Crippen LogP contribution in [0.15, 0.2) is 101 Å². The highest BCUT2D eigenvalue weighted by Gasteiger charge is 2.43. The van der Waals surface area contributed by atoms with Gasteiger partial charge in [-0.1, -0.05) is 85.6 Å². The van der Waals surface area contributed by atoms with Crippen LogP contribution in [0.2, 0.25) is 0 Å². The van der Waals surface area contributed by atoms with Gasteiger partial charge in [0.05, 0.1) is 52.2 Å². The van der Waals surface area contributed by atoms with Gasteiger partial charge in [-0.25, -0.2) is 24.1 Å². The van der Waals surface area contributed by atoms with Gasteiger partial charge in [0.2, 0.25) is 17.7 Å². The molecule has 1 fully saturated rings. The minimum atomic E-state index is -1.15. The van der Waals surface area contributed by atoms with E-state index in [0.717, 1.165) is 43.0 Å². The summed E-state index contributed by atoms with van der Waals surface area (Å²) in [6, 6.07) is 26.3. The van der Waals surface area contributed by atoms with Crippen molar-refractivity contribution in [3.05, 3.63) is 152 Å². The molecule has 0 spiro atoms. The maximum atomic E-state index is 15.2. The summed E-state index contributed by atoms with van der Waals surface area (Å²) in [6.07, 6.45) is 2.86. The van der Waals surface area contributed by atoms with Crippen molar-refractivity contribution in [1.82, 2.24) is 35.2 Å². The Morgan fingerprint density at radius 1 is 0.943 bits per heavy atom. The van der Waals surface area contributed by atoms with Crippen molar-refractivity contribution >= 4 is 84.1 Å². The molecule has 4 aromatic carbocycles. The molecule has 452 valence electrons. The van der Waals surface area contributed by atoms with Crippen molar-refractivity contribution in [1.29, 1.82) is 0 Å². The third-order valence-corrected chi connectivity index (χ3v) is 18.3. The zero-order valence-electron chi connectivity index (χ0n) is 48.5. The number of hydrogen-bond acceptors (Lipinski definition) is 17. The van der Waals surface area contributed by atoms with E-state index in [1.807, 2.05) is 91.8 Å². The van der Waals surface area contributed by atoms with E-state index in [1.165, 1.54) is 44.6 Å². The van der Waals surface area contributed by atoms with E-state index in [0.29, 0.717) is 96.7 Å². The highest BCUT2D eigenvalue weighted by Crippen LogP contribution is 2.36. The summed E-state index contributed by atoms with van der Waals surface area (Å²) < 4.78 is 33.4. The van der Waals surface area contributed by atoms with Crippen LogP contribution in [0.3, 0.4) is 0 Å². The average molecular weight is 1240 g/mol. The number of nitrogens with one attached hydrogen (secondary N) is 2. The lowest BCUT2D eigenvalue weighted by Gasteiger charge is -2.29. The molecule has 1 saturated heterocycles. The predicted octanol–water partition coefficient (Wildman–Crippen LogP) is 10.3. The van der Waals surface area contributed by atoms with Crippen LogP contribution < -0.4 is 25.0 Å². The first-order valence-corrected chi connectivity index (χ1v) is 31.3. The van der Waals surface area contributed by atoms with Crippen LogP contribution in [0, 0.1) is 30.5 Å². The van der Waals surface area contributed by atoms with Crippen molar-refractivity contribution < 1.29 is 52.6 Å². The number of unbranched alkanes of at least 4 members (excludes halogenated alkanes) is 2. The van der Waals surface area contributed by atoms with Crippen LogP contribution in [0.25, 0.3) is 20.7 Å². The molecule has 4 amide bonds. The molecule has 10 rings (SSSR count). The third-order valence-electron chi connectivity index (χ3n) is 15.2. The number of nitrogens with zero attached hydrogens (tertiary/aromatic N) is 7. The van der Waals surface area contributed by atoms with Crippen molar-refractivity contribution in [3.63, 3.8) is 0 Å². The Morgan fingerprint density at radius 3 is 2.53 bits per heavy atom. The Balaban J connectivity index is 0.622. The molecule has 6 heterocycles. The Kier molecular flexibility index (Phi) is 20.0. The number of carboxylic acid groups (broad SMARTS) is 1. The molecule has 87 heavy (non-hydrogen) atoms. The number of para-hydroxylation sites is 1. The number of likely N-dealkylation sites (tertiary alicyclic amines) is 1. The molecule has 23 heteroatoms. The maximum absolute atomic E-state index is 15.2. The van der Waals surface area contributed by atoms with Gasteiger partial charge in [0.1, 0.15) is 12.0 Å². The van der Waals surface area contributed by atoms with E-state index in [9.17, 15) is 34.2 Å². The number of amides is 4. The maximum Gasteiger partial charge on any atom is 0.355 e. The number of carbonyl (C=O) groups excluding carboxylic acids is 4. The minimum Gasteiger partial charge on any atom is -0.491 e. The molecule has 8 aromatic rings. The Morgan fingerprint density at radius 2 is 1.76 bits per heavy atom. The Labute approximate surface area is 514 Å². The fraction of sp³-hybridized carbons (Fsp3) is 0.359. The van der Waals surface area contributed by atoms with E-state index in [2.05, 4.69) is 42.6 Å². The van der Waals surface area contributed by atoms with Gasteiger partial charge in [0.25, 0.3) is 11.8 Å². The number of ether oxygens (including phenoxy) is 2. The number of aryl methyl sites for hydroxylation is 2. The molecule has 19 nitrogen and oxygen atoms in total. The molecule has 0 radical (unpaired) electrons. The summed E-state index contributed by atoms with van der Waals surface area (Å²) in [5.41, 5.74) is 8.31. The molecular weight excluding hydrogens is 1170 g/mol. The first-order valence-electron chi connectivity index (χ1n) is 28.8. The largest absolute Gasteiger partial charge is 0.491 e. The second-order valence-electron chi connectivity index (χ2n) is 21.8. The SMILES string of the molecule is Cc1ncsc1-c1ccc(CNC(=O)[C@@H]2C[C@@H](O)CN2C(=O)C(c2cc(OCCCCCC(=O)N(C)CC#Cc3ccc(OCCCc4sc(N5CCc6cccc(C(=O)Nc7nc8ccccc8s7)c6C5)nc4C(=O)O)c(F)c3)no2)C(C)C)cc1. The fourth-order valence-electron chi connectivity index (χ4n) is 10.6. The predicted molar refractivity (Wildman–Crippen MR) is 331 cm³/mol. The number of aliphatic hydroxyl groups is 1. The molecule has 4 aromatic heterocycles. The summed E-state index contributed by atoms with van der Waals surface area (Å²) in [6.45, 7) is 7.52. The quantitative estimate of drug-likeness (QED) is 0.0325. The number of rotatable bonds is 24. The summed E-state index contributed by atoms with van der Waals surface area (Å²) in [5.74, 6) is 2.59. The van der Waals surface area contributed by atoms with Gasteiger partial charge in [-0.3, -0.25) is 24.5 Å². The van der Waals surface area contributed by atoms with E-state index in [1.54, 1.807) is 36.6 Å². The highest BCUT2D eigenvalue weighted by molar-refractivity contribution is 7.22. The Hall–Kier alpha value is -8.56. The topological polar surface area (TPSA) is 243 Å². The molecule has 0 saturated carbocycles. The number of carboxylic acids is 1. The van der Waals surface area contributed by atoms with Crippen molar-refractivity contribution in [2.45, 2.75) is 103 Å². The van der Waals surface area contributed by atoms with Crippen molar-refractivity contribution in [2.24, 2.45) is 5.92 Å². The van der Waals surface area contributed by atoms with Crippen LogP contribution in [0.5, 0.6) is 11.6 Å². The second kappa shape index (κ2) is 28.3. The first-order chi connectivity index (χ1) is 42.1.